The molecule has 2 aromatic carbocycles. The summed E-state index contributed by atoms with van der Waals surface area (Å²) in [5.74, 6) is -0.157. The Bertz CT molecular complexity index is 1130. The fourth-order valence-corrected chi connectivity index (χ4v) is 5.24. The van der Waals surface area contributed by atoms with E-state index in [9.17, 15) is 4.79 Å². The van der Waals surface area contributed by atoms with Crippen molar-refractivity contribution in [3.63, 3.8) is 0 Å². The molecule has 5 rings (SSSR count). The highest BCUT2D eigenvalue weighted by atomic mass is 32.2. The monoisotopic (exact) mass is 445 g/mol. The van der Waals surface area contributed by atoms with E-state index in [4.69, 9.17) is 14.8 Å². The maximum Gasteiger partial charge on any atom is 0.335 e. The number of nitrogens with zero attached hydrogens (tertiary/aromatic N) is 3. The SMILES string of the molecule is C[C@H]1CN2C(=N[C@H](c3ccccn3)[C@@H]2c2ccc(OCc3ccc(C(=O)O)cc3)cc2)S1. The highest BCUT2D eigenvalue weighted by molar-refractivity contribution is 8.14. The van der Waals surface area contributed by atoms with Gasteiger partial charge in [0.15, 0.2) is 5.17 Å². The lowest BCUT2D eigenvalue weighted by atomic mass is 9.96. The number of hydrogen-bond donors (Lipinski definition) is 1. The summed E-state index contributed by atoms with van der Waals surface area (Å²) in [5.41, 5.74) is 3.37. The highest BCUT2D eigenvalue weighted by Gasteiger charge is 2.43. The molecule has 0 unspecified atom stereocenters. The van der Waals surface area contributed by atoms with Gasteiger partial charge in [-0.25, -0.2) is 4.79 Å². The average molecular weight is 446 g/mol. The van der Waals surface area contributed by atoms with Gasteiger partial charge in [0.05, 0.1) is 17.3 Å². The minimum absolute atomic E-state index is 0.0225. The Morgan fingerprint density at radius 3 is 2.59 bits per heavy atom. The second-order valence-corrected chi connectivity index (χ2v) is 9.40. The van der Waals surface area contributed by atoms with Crippen molar-refractivity contribution in [1.82, 2.24) is 9.88 Å². The summed E-state index contributed by atoms with van der Waals surface area (Å²) >= 11 is 1.83. The fraction of sp³-hybridized carbons (Fsp3) is 0.240. The van der Waals surface area contributed by atoms with Gasteiger partial charge in [0.1, 0.15) is 18.4 Å². The van der Waals surface area contributed by atoms with Crippen molar-refractivity contribution in [3.05, 3.63) is 95.3 Å². The molecule has 0 aliphatic carbocycles. The number of ether oxygens (including phenoxy) is 1. The van der Waals surface area contributed by atoms with Gasteiger partial charge in [-0.2, -0.15) is 0 Å². The average Bonchev–Trinajstić information content (AvgIpc) is 3.35. The summed E-state index contributed by atoms with van der Waals surface area (Å²) in [4.78, 5) is 23.0. The van der Waals surface area contributed by atoms with Crippen LogP contribution in [0.15, 0.2) is 77.9 Å². The molecule has 0 spiro atoms. The van der Waals surface area contributed by atoms with E-state index < -0.39 is 5.97 Å². The molecule has 0 saturated carbocycles. The maximum atomic E-state index is 11.0. The van der Waals surface area contributed by atoms with Crippen LogP contribution < -0.4 is 4.74 Å². The molecule has 6 nitrogen and oxygen atoms in total. The van der Waals surface area contributed by atoms with E-state index in [1.54, 1.807) is 24.3 Å². The smallest absolute Gasteiger partial charge is 0.335 e. The second kappa shape index (κ2) is 8.67. The lowest BCUT2D eigenvalue weighted by Crippen LogP contribution is -2.28. The van der Waals surface area contributed by atoms with Gasteiger partial charge in [0.2, 0.25) is 0 Å². The van der Waals surface area contributed by atoms with Gasteiger partial charge >= 0.3 is 5.97 Å². The van der Waals surface area contributed by atoms with E-state index in [-0.39, 0.29) is 17.6 Å². The number of rotatable bonds is 6. The first-order valence-electron chi connectivity index (χ1n) is 10.6. The molecule has 2 aliphatic heterocycles. The van der Waals surface area contributed by atoms with Crippen LogP contribution in [0.4, 0.5) is 0 Å². The number of aliphatic imine (C=N–C) groups is 1. The third-order valence-electron chi connectivity index (χ3n) is 5.71. The van der Waals surface area contributed by atoms with E-state index in [2.05, 4.69) is 28.9 Å². The van der Waals surface area contributed by atoms with E-state index in [1.165, 1.54) is 5.56 Å². The Hall–Kier alpha value is -3.32. The Morgan fingerprint density at radius 1 is 1.12 bits per heavy atom. The summed E-state index contributed by atoms with van der Waals surface area (Å²) < 4.78 is 5.92. The van der Waals surface area contributed by atoms with Crippen LogP contribution in [0.25, 0.3) is 0 Å². The number of amidine groups is 1. The van der Waals surface area contributed by atoms with Gasteiger partial charge < -0.3 is 14.7 Å². The summed E-state index contributed by atoms with van der Waals surface area (Å²) in [7, 11) is 0. The third kappa shape index (κ3) is 4.08. The number of aromatic carboxylic acids is 1. The van der Waals surface area contributed by atoms with Gasteiger partial charge in [0, 0.05) is 18.0 Å². The Morgan fingerprint density at radius 2 is 1.91 bits per heavy atom. The molecule has 1 N–H and O–H groups in total. The minimum Gasteiger partial charge on any atom is -0.489 e. The van der Waals surface area contributed by atoms with Crippen molar-refractivity contribution in [2.45, 2.75) is 30.9 Å². The predicted octanol–water partition coefficient (Wildman–Crippen LogP) is 4.95. The largest absolute Gasteiger partial charge is 0.489 e. The maximum absolute atomic E-state index is 11.0. The molecular weight excluding hydrogens is 422 g/mol. The zero-order valence-corrected chi connectivity index (χ0v) is 18.4. The topological polar surface area (TPSA) is 75.0 Å². The molecule has 3 heterocycles. The van der Waals surface area contributed by atoms with E-state index in [0.29, 0.717) is 11.9 Å². The van der Waals surface area contributed by atoms with Crippen molar-refractivity contribution >= 4 is 22.9 Å². The first-order valence-corrected chi connectivity index (χ1v) is 11.4. The standard InChI is InChI=1S/C25H23N3O3S/c1-16-14-28-23(22(27-25(28)32-16)21-4-2-3-13-26-21)18-9-11-20(12-10-18)31-15-17-5-7-19(8-6-17)24(29)30/h2-13,16,22-23H,14-15H2,1H3,(H,29,30)/t16-,22+,23-/m0/s1. The number of fused-ring (bicyclic) bond motifs is 1. The van der Waals surface area contributed by atoms with Crippen LogP contribution >= 0.6 is 11.8 Å². The molecule has 0 radical (unpaired) electrons. The Labute approximate surface area is 191 Å². The predicted molar refractivity (Wildman–Crippen MR) is 125 cm³/mol. The summed E-state index contributed by atoms with van der Waals surface area (Å²) in [6, 6.07) is 21.0. The fourth-order valence-electron chi connectivity index (χ4n) is 4.15. The summed E-state index contributed by atoms with van der Waals surface area (Å²) in [6.45, 7) is 3.59. The molecule has 2 aliphatic rings. The van der Waals surface area contributed by atoms with Gasteiger partial charge in [-0.3, -0.25) is 9.98 Å². The molecule has 32 heavy (non-hydrogen) atoms. The number of hydrogen-bond acceptors (Lipinski definition) is 6. The van der Waals surface area contributed by atoms with Crippen LogP contribution in [0.1, 0.15) is 46.2 Å². The van der Waals surface area contributed by atoms with Gasteiger partial charge in [0.25, 0.3) is 0 Å². The Kier molecular flexibility index (Phi) is 5.57. The van der Waals surface area contributed by atoms with Crippen LogP contribution in [0.3, 0.4) is 0 Å². The van der Waals surface area contributed by atoms with E-state index >= 15 is 0 Å². The van der Waals surface area contributed by atoms with Gasteiger partial charge in [-0.05, 0) is 47.5 Å². The molecular formula is C25H23N3O3S. The summed E-state index contributed by atoms with van der Waals surface area (Å²) in [5, 5.41) is 10.6. The molecule has 1 saturated heterocycles. The highest BCUT2D eigenvalue weighted by Crippen LogP contribution is 2.47. The molecule has 0 amide bonds. The van der Waals surface area contributed by atoms with Crippen LogP contribution in [0, 0.1) is 0 Å². The van der Waals surface area contributed by atoms with Crippen molar-refractivity contribution in [2.75, 3.05) is 6.54 Å². The number of aromatic nitrogens is 1. The molecule has 1 fully saturated rings. The number of carboxylic acid groups (broad SMARTS) is 1. The molecule has 0 bridgehead atoms. The van der Waals surface area contributed by atoms with Crippen molar-refractivity contribution < 1.29 is 14.6 Å². The lowest BCUT2D eigenvalue weighted by Gasteiger charge is -2.27. The van der Waals surface area contributed by atoms with E-state index in [1.807, 2.05) is 48.3 Å². The van der Waals surface area contributed by atoms with Gasteiger partial charge in [-0.1, -0.05) is 49.0 Å². The first-order chi connectivity index (χ1) is 15.6. The number of pyridine rings is 1. The third-order valence-corrected chi connectivity index (χ3v) is 6.81. The van der Waals surface area contributed by atoms with Crippen LogP contribution in [0.2, 0.25) is 0 Å². The van der Waals surface area contributed by atoms with Crippen LogP contribution in [-0.4, -0.2) is 37.9 Å². The minimum atomic E-state index is -0.929. The number of thioether (sulfide) groups is 1. The van der Waals surface area contributed by atoms with Crippen LogP contribution in [0.5, 0.6) is 5.75 Å². The van der Waals surface area contributed by atoms with E-state index in [0.717, 1.165) is 28.7 Å². The number of carboxylic acids is 1. The normalized spacial score (nSPS) is 21.8. The number of carbonyl (C=O) groups is 1. The van der Waals surface area contributed by atoms with Crippen molar-refractivity contribution in [1.29, 1.82) is 0 Å². The lowest BCUT2D eigenvalue weighted by molar-refractivity contribution is 0.0697. The zero-order chi connectivity index (χ0) is 22.1. The molecule has 162 valence electrons. The first kappa shape index (κ1) is 20.6. The van der Waals surface area contributed by atoms with Crippen molar-refractivity contribution in [3.8, 4) is 5.75 Å². The molecule has 3 atom stereocenters. The number of benzene rings is 2. The summed E-state index contributed by atoms with van der Waals surface area (Å²) in [6.07, 6.45) is 1.83. The van der Waals surface area contributed by atoms with Crippen LogP contribution in [-0.2, 0) is 6.61 Å². The molecule has 1 aromatic heterocycles. The molecule has 3 aromatic rings. The molecule has 7 heteroatoms. The second-order valence-electron chi connectivity index (χ2n) is 8.00. The van der Waals surface area contributed by atoms with Gasteiger partial charge in [-0.15, -0.1) is 0 Å². The quantitative estimate of drug-likeness (QED) is 0.579. The van der Waals surface area contributed by atoms with Crippen molar-refractivity contribution in [2.24, 2.45) is 4.99 Å². The Balaban J connectivity index is 1.32. The zero-order valence-electron chi connectivity index (χ0n) is 17.6.